The molecule has 9 heteroatoms. The molecule has 5 rings (SSSR count). The van der Waals surface area contributed by atoms with Crippen LogP contribution in [-0.2, 0) is 20.8 Å². The van der Waals surface area contributed by atoms with Crippen molar-refractivity contribution in [3.63, 3.8) is 0 Å². The Hall–Kier alpha value is -3.95. The average molecular weight is 533 g/mol. The molecule has 6 N–H and O–H groups in total. The van der Waals surface area contributed by atoms with Crippen LogP contribution in [0.5, 0.6) is 5.75 Å². The first-order chi connectivity index (χ1) is 18.3. The molecular formula is C30H32N2O7. The molecule has 39 heavy (non-hydrogen) atoms. The van der Waals surface area contributed by atoms with Crippen LogP contribution in [0, 0.1) is 11.8 Å². The first-order valence-corrected chi connectivity index (χ1v) is 12.9. The standard InChI is InChI=1S/C30H32N2O7/c1-13(2)14-5-7-15(8-6-14)17-9-10-20(33)22-18(17)11-16-12-19-24(32(3)4)26(35)23(29(31)38)28(37)30(19,39)27(36)21(16)25(22)34/h5-10,13,16,19,24,33-34,37,39H,11-12H2,1-4H3,(H2,31,38)/t16-,19-,24-,30-/m1/s1. The molecule has 2 aromatic rings. The lowest BCUT2D eigenvalue weighted by molar-refractivity contribution is -0.153. The summed E-state index contributed by atoms with van der Waals surface area (Å²) in [5.74, 6) is -6.27. The second-order valence-corrected chi connectivity index (χ2v) is 11.2. The van der Waals surface area contributed by atoms with Gasteiger partial charge in [0.25, 0.3) is 5.91 Å². The van der Waals surface area contributed by atoms with E-state index < -0.39 is 58.0 Å². The van der Waals surface area contributed by atoms with E-state index in [0.29, 0.717) is 11.5 Å². The Morgan fingerprint density at radius 1 is 1.05 bits per heavy atom. The van der Waals surface area contributed by atoms with Gasteiger partial charge in [-0.05, 0) is 67.1 Å². The number of phenolic OH excluding ortho intramolecular Hbond substituents is 1. The van der Waals surface area contributed by atoms with Gasteiger partial charge >= 0.3 is 0 Å². The van der Waals surface area contributed by atoms with Crippen LogP contribution in [0.3, 0.4) is 0 Å². The number of benzene rings is 2. The molecule has 204 valence electrons. The van der Waals surface area contributed by atoms with E-state index in [2.05, 4.69) is 13.8 Å². The van der Waals surface area contributed by atoms with Gasteiger partial charge in [-0.15, -0.1) is 0 Å². The number of hydrogen-bond donors (Lipinski definition) is 5. The zero-order valence-electron chi connectivity index (χ0n) is 22.2. The van der Waals surface area contributed by atoms with Crippen molar-refractivity contribution < 1.29 is 34.8 Å². The van der Waals surface area contributed by atoms with Gasteiger partial charge in [-0.2, -0.15) is 0 Å². The third kappa shape index (κ3) is 3.71. The van der Waals surface area contributed by atoms with Crippen molar-refractivity contribution in [1.82, 2.24) is 4.90 Å². The van der Waals surface area contributed by atoms with Crippen molar-refractivity contribution in [3.05, 3.63) is 70.0 Å². The van der Waals surface area contributed by atoms with Gasteiger partial charge in [0, 0.05) is 11.5 Å². The summed E-state index contributed by atoms with van der Waals surface area (Å²) >= 11 is 0. The fourth-order valence-electron chi connectivity index (χ4n) is 6.56. The predicted octanol–water partition coefficient (Wildman–Crippen LogP) is 2.75. The van der Waals surface area contributed by atoms with Crippen LogP contribution in [0.1, 0.15) is 42.9 Å². The molecule has 0 saturated heterocycles. The predicted molar refractivity (Wildman–Crippen MR) is 144 cm³/mol. The molecule has 9 nitrogen and oxygen atoms in total. The molecule has 0 radical (unpaired) electrons. The average Bonchev–Trinajstić information content (AvgIpc) is 2.86. The number of aliphatic hydroxyl groups is 3. The first-order valence-electron chi connectivity index (χ1n) is 12.9. The topological polar surface area (TPSA) is 161 Å². The maximum absolute atomic E-state index is 13.9. The molecule has 0 bridgehead atoms. The van der Waals surface area contributed by atoms with Gasteiger partial charge in [0.2, 0.25) is 5.78 Å². The quantitative estimate of drug-likeness (QED) is 0.376. The number of Topliss-reactive ketones (excluding diaryl/α,β-unsaturated/α-hetero) is 2. The number of phenols is 1. The summed E-state index contributed by atoms with van der Waals surface area (Å²) in [6, 6.07) is 10.1. The van der Waals surface area contributed by atoms with Crippen LogP contribution in [0.15, 0.2) is 53.3 Å². The second-order valence-electron chi connectivity index (χ2n) is 11.2. The molecule has 0 spiro atoms. The number of primary amides is 1. The minimum atomic E-state index is -2.65. The fourth-order valence-corrected chi connectivity index (χ4v) is 6.56. The highest BCUT2D eigenvalue weighted by Crippen LogP contribution is 2.53. The van der Waals surface area contributed by atoms with Gasteiger partial charge in [-0.3, -0.25) is 19.3 Å². The van der Waals surface area contributed by atoms with E-state index in [4.69, 9.17) is 5.73 Å². The fraction of sp³-hybridized carbons (Fsp3) is 0.367. The van der Waals surface area contributed by atoms with E-state index in [9.17, 15) is 34.8 Å². The lowest BCUT2D eigenvalue weighted by Crippen LogP contribution is -2.65. The van der Waals surface area contributed by atoms with Crippen molar-refractivity contribution in [2.75, 3.05) is 14.1 Å². The minimum absolute atomic E-state index is 0.0488. The first kappa shape index (κ1) is 26.6. The van der Waals surface area contributed by atoms with Crippen molar-refractivity contribution in [2.24, 2.45) is 17.6 Å². The molecule has 1 amide bonds. The molecular weight excluding hydrogens is 500 g/mol. The highest BCUT2D eigenvalue weighted by atomic mass is 16.3. The minimum Gasteiger partial charge on any atom is -0.508 e. The molecule has 1 fully saturated rings. The number of ketones is 2. The van der Waals surface area contributed by atoms with E-state index in [1.807, 2.05) is 24.3 Å². The maximum atomic E-state index is 13.9. The number of hydrogen-bond acceptors (Lipinski definition) is 8. The third-order valence-corrected chi connectivity index (χ3v) is 8.49. The molecule has 4 atom stereocenters. The summed E-state index contributed by atoms with van der Waals surface area (Å²) in [5, 5.41) is 44.8. The normalized spacial score (nSPS) is 26.6. The molecule has 0 heterocycles. The Bertz CT molecular complexity index is 1490. The number of rotatable bonds is 4. The van der Waals surface area contributed by atoms with E-state index in [1.165, 1.54) is 11.0 Å². The molecule has 3 aliphatic carbocycles. The number of carbonyl (C=O) groups excluding carboxylic acids is 3. The summed E-state index contributed by atoms with van der Waals surface area (Å²) in [6.45, 7) is 4.19. The number of carbonyl (C=O) groups is 3. The summed E-state index contributed by atoms with van der Waals surface area (Å²) in [7, 11) is 3.15. The number of aromatic hydroxyl groups is 1. The van der Waals surface area contributed by atoms with Crippen molar-refractivity contribution in [1.29, 1.82) is 0 Å². The molecule has 1 saturated carbocycles. The summed E-state index contributed by atoms with van der Waals surface area (Å²) in [6.07, 6.45) is 0.289. The number of aliphatic hydroxyl groups excluding tert-OH is 2. The Labute approximate surface area is 225 Å². The third-order valence-electron chi connectivity index (χ3n) is 8.49. The highest BCUT2D eigenvalue weighted by Gasteiger charge is 2.64. The van der Waals surface area contributed by atoms with Gasteiger partial charge in [0.05, 0.1) is 11.6 Å². The molecule has 0 aliphatic heterocycles. The molecule has 0 aromatic heterocycles. The molecule has 0 unspecified atom stereocenters. The highest BCUT2D eigenvalue weighted by molar-refractivity contribution is 6.24. The smallest absolute Gasteiger partial charge is 0.255 e. The lowest BCUT2D eigenvalue weighted by atomic mass is 9.57. The van der Waals surface area contributed by atoms with Gasteiger partial charge in [0.1, 0.15) is 22.8 Å². The number of nitrogens with two attached hydrogens (primary N) is 1. The number of nitrogens with zero attached hydrogens (tertiary/aromatic N) is 1. The van der Waals surface area contributed by atoms with Gasteiger partial charge in [-0.1, -0.05) is 44.2 Å². The Morgan fingerprint density at radius 2 is 1.69 bits per heavy atom. The van der Waals surface area contributed by atoms with Crippen LogP contribution in [0.25, 0.3) is 16.9 Å². The van der Waals surface area contributed by atoms with Crippen LogP contribution < -0.4 is 5.73 Å². The lowest BCUT2D eigenvalue weighted by Gasteiger charge is -2.50. The number of amides is 1. The zero-order valence-corrected chi connectivity index (χ0v) is 22.2. The van der Waals surface area contributed by atoms with Gasteiger partial charge in [-0.25, -0.2) is 0 Å². The Morgan fingerprint density at radius 3 is 2.26 bits per heavy atom. The monoisotopic (exact) mass is 532 g/mol. The Kier molecular flexibility index (Phi) is 6.19. The number of likely N-dealkylation sites (N-methyl/N-ethyl adjacent to an activating group) is 1. The largest absolute Gasteiger partial charge is 0.508 e. The second kappa shape index (κ2) is 9.07. The summed E-state index contributed by atoms with van der Waals surface area (Å²) in [4.78, 5) is 40.7. The van der Waals surface area contributed by atoms with Crippen LogP contribution in [0.4, 0.5) is 0 Å². The molecule has 3 aliphatic rings. The van der Waals surface area contributed by atoms with E-state index in [1.54, 1.807) is 20.2 Å². The van der Waals surface area contributed by atoms with Gasteiger partial charge in [0.15, 0.2) is 11.4 Å². The van der Waals surface area contributed by atoms with Crippen molar-refractivity contribution in [3.8, 4) is 16.9 Å². The summed E-state index contributed by atoms with van der Waals surface area (Å²) in [5.41, 5.74) is 5.25. The maximum Gasteiger partial charge on any atom is 0.255 e. The van der Waals surface area contributed by atoms with Gasteiger partial charge < -0.3 is 26.2 Å². The number of fused-ring (bicyclic) bond motifs is 3. The van der Waals surface area contributed by atoms with Crippen LogP contribution in [0.2, 0.25) is 0 Å². The van der Waals surface area contributed by atoms with Crippen molar-refractivity contribution in [2.45, 2.75) is 44.2 Å². The molecule has 2 aromatic carbocycles. The SMILES string of the molecule is CC(C)c1ccc(-c2ccc(O)c3c2C[C@@H]2C[C@@H]4[C@@H](N(C)C)C(=O)C(C(N)=O)=C(O)[C@]4(O)C(=O)C2=C3O)cc1. The van der Waals surface area contributed by atoms with Crippen LogP contribution in [-0.4, -0.2) is 68.5 Å². The van der Waals surface area contributed by atoms with E-state index in [0.717, 1.165) is 16.7 Å². The van der Waals surface area contributed by atoms with E-state index >= 15 is 0 Å². The zero-order chi connectivity index (χ0) is 28.5. The van der Waals surface area contributed by atoms with Crippen LogP contribution >= 0.6 is 0 Å². The van der Waals surface area contributed by atoms with Crippen molar-refractivity contribution >= 4 is 23.2 Å². The Balaban J connectivity index is 1.70. The summed E-state index contributed by atoms with van der Waals surface area (Å²) < 4.78 is 0. The van der Waals surface area contributed by atoms with E-state index in [-0.39, 0.29) is 29.7 Å².